The van der Waals surface area contributed by atoms with E-state index in [0.29, 0.717) is 18.8 Å². The number of amides is 1. The second-order valence-corrected chi connectivity index (χ2v) is 4.76. The standard InChI is InChI=1S/C17H19FN2O3/c1-22-15-5-7-16(8-6-15)23-10-9-19-12-17(21)20-14-4-2-3-13(18)11-14/h2-8,11,19H,9-10,12H2,1H3,(H,20,21). The summed E-state index contributed by atoms with van der Waals surface area (Å²) in [4.78, 5) is 11.7. The summed E-state index contributed by atoms with van der Waals surface area (Å²) in [6.45, 7) is 1.07. The first-order chi connectivity index (χ1) is 11.2. The van der Waals surface area contributed by atoms with E-state index in [4.69, 9.17) is 9.47 Å². The molecule has 0 aliphatic rings. The van der Waals surface area contributed by atoms with Crippen molar-refractivity contribution in [2.75, 3.05) is 32.1 Å². The molecule has 0 saturated heterocycles. The van der Waals surface area contributed by atoms with Crippen LogP contribution in [0.25, 0.3) is 0 Å². The van der Waals surface area contributed by atoms with Crippen molar-refractivity contribution in [1.82, 2.24) is 5.32 Å². The summed E-state index contributed by atoms with van der Waals surface area (Å²) in [7, 11) is 1.61. The van der Waals surface area contributed by atoms with E-state index in [-0.39, 0.29) is 18.3 Å². The van der Waals surface area contributed by atoms with E-state index in [1.54, 1.807) is 19.2 Å². The lowest BCUT2D eigenvalue weighted by Crippen LogP contribution is -2.31. The molecule has 0 heterocycles. The molecule has 2 N–H and O–H groups in total. The molecule has 0 unspecified atom stereocenters. The van der Waals surface area contributed by atoms with E-state index in [9.17, 15) is 9.18 Å². The maximum absolute atomic E-state index is 13.0. The first-order valence-electron chi connectivity index (χ1n) is 7.20. The molecule has 2 aromatic rings. The van der Waals surface area contributed by atoms with Gasteiger partial charge in [0.15, 0.2) is 0 Å². The molecule has 5 nitrogen and oxygen atoms in total. The van der Waals surface area contributed by atoms with Crippen LogP contribution in [-0.2, 0) is 4.79 Å². The van der Waals surface area contributed by atoms with Gasteiger partial charge >= 0.3 is 0 Å². The van der Waals surface area contributed by atoms with Gasteiger partial charge in [0.05, 0.1) is 13.7 Å². The van der Waals surface area contributed by atoms with Crippen molar-refractivity contribution in [3.8, 4) is 11.5 Å². The Morgan fingerprint density at radius 3 is 2.57 bits per heavy atom. The Morgan fingerprint density at radius 1 is 1.13 bits per heavy atom. The Kier molecular flexibility index (Phi) is 6.38. The second-order valence-electron chi connectivity index (χ2n) is 4.76. The molecule has 6 heteroatoms. The summed E-state index contributed by atoms with van der Waals surface area (Å²) in [6, 6.07) is 13.0. The summed E-state index contributed by atoms with van der Waals surface area (Å²) in [5.41, 5.74) is 0.436. The fourth-order valence-electron chi connectivity index (χ4n) is 1.89. The third-order valence-electron chi connectivity index (χ3n) is 3.00. The number of rotatable bonds is 8. The van der Waals surface area contributed by atoms with Gasteiger partial charge in [0.2, 0.25) is 5.91 Å². The number of carbonyl (C=O) groups is 1. The van der Waals surface area contributed by atoms with Crippen LogP contribution in [0.3, 0.4) is 0 Å². The van der Waals surface area contributed by atoms with Gasteiger partial charge in [-0.2, -0.15) is 0 Å². The molecule has 0 atom stereocenters. The van der Waals surface area contributed by atoms with Crippen LogP contribution in [0.5, 0.6) is 11.5 Å². The lowest BCUT2D eigenvalue weighted by molar-refractivity contribution is -0.115. The largest absolute Gasteiger partial charge is 0.497 e. The van der Waals surface area contributed by atoms with Crippen molar-refractivity contribution in [2.24, 2.45) is 0 Å². The van der Waals surface area contributed by atoms with Crippen LogP contribution in [0.15, 0.2) is 48.5 Å². The number of nitrogens with one attached hydrogen (secondary N) is 2. The van der Waals surface area contributed by atoms with Gasteiger partial charge in [0.25, 0.3) is 0 Å². The number of ether oxygens (including phenoxy) is 2. The lowest BCUT2D eigenvalue weighted by Gasteiger charge is -2.09. The number of anilines is 1. The maximum Gasteiger partial charge on any atom is 0.238 e. The lowest BCUT2D eigenvalue weighted by atomic mass is 10.3. The van der Waals surface area contributed by atoms with Gasteiger partial charge in [-0.3, -0.25) is 4.79 Å². The molecule has 0 spiro atoms. The SMILES string of the molecule is COc1ccc(OCCNCC(=O)Nc2cccc(F)c2)cc1. The van der Waals surface area contributed by atoms with Crippen LogP contribution >= 0.6 is 0 Å². The van der Waals surface area contributed by atoms with Crippen molar-refractivity contribution in [2.45, 2.75) is 0 Å². The normalized spacial score (nSPS) is 10.2. The zero-order valence-electron chi connectivity index (χ0n) is 12.8. The molecule has 0 saturated carbocycles. The third kappa shape index (κ3) is 5.96. The molecule has 2 aromatic carbocycles. The molecule has 0 aliphatic heterocycles. The monoisotopic (exact) mass is 318 g/mol. The van der Waals surface area contributed by atoms with Gasteiger partial charge in [0, 0.05) is 12.2 Å². The Labute approximate surface area is 134 Å². The predicted molar refractivity (Wildman–Crippen MR) is 86.4 cm³/mol. The first-order valence-corrected chi connectivity index (χ1v) is 7.20. The van der Waals surface area contributed by atoms with Gasteiger partial charge in [-0.05, 0) is 42.5 Å². The minimum atomic E-state index is -0.386. The average Bonchev–Trinajstić information content (AvgIpc) is 2.55. The summed E-state index contributed by atoms with van der Waals surface area (Å²) in [5.74, 6) is 0.880. The minimum absolute atomic E-state index is 0.127. The Balaban J connectivity index is 1.62. The van der Waals surface area contributed by atoms with Crippen molar-refractivity contribution in [3.05, 3.63) is 54.3 Å². The molecule has 0 aromatic heterocycles. The first kappa shape index (κ1) is 16.8. The number of hydrogen-bond acceptors (Lipinski definition) is 4. The molecular weight excluding hydrogens is 299 g/mol. The quantitative estimate of drug-likeness (QED) is 0.734. The molecule has 1 amide bonds. The van der Waals surface area contributed by atoms with Gasteiger partial charge in [-0.15, -0.1) is 0 Å². The van der Waals surface area contributed by atoms with Gasteiger partial charge in [0.1, 0.15) is 23.9 Å². The number of carbonyl (C=O) groups excluding carboxylic acids is 1. The van der Waals surface area contributed by atoms with E-state index >= 15 is 0 Å². The van der Waals surface area contributed by atoms with Crippen molar-refractivity contribution in [3.63, 3.8) is 0 Å². The van der Waals surface area contributed by atoms with Crippen LogP contribution in [0.1, 0.15) is 0 Å². The molecule has 0 aliphatic carbocycles. The Morgan fingerprint density at radius 2 is 1.87 bits per heavy atom. The van der Waals surface area contributed by atoms with Crippen molar-refractivity contribution in [1.29, 1.82) is 0 Å². The van der Waals surface area contributed by atoms with E-state index in [0.717, 1.165) is 11.5 Å². The molecule has 0 radical (unpaired) electrons. The predicted octanol–water partition coefficient (Wildman–Crippen LogP) is 2.44. The molecule has 2 rings (SSSR count). The summed E-state index contributed by atoms with van der Waals surface area (Å²) in [5, 5.41) is 5.57. The third-order valence-corrected chi connectivity index (χ3v) is 3.00. The molecule has 0 fully saturated rings. The zero-order chi connectivity index (χ0) is 16.5. The number of methoxy groups -OCH3 is 1. The van der Waals surface area contributed by atoms with E-state index in [1.807, 2.05) is 24.3 Å². The minimum Gasteiger partial charge on any atom is -0.497 e. The second kappa shape index (κ2) is 8.75. The van der Waals surface area contributed by atoms with Crippen LogP contribution in [0.4, 0.5) is 10.1 Å². The topological polar surface area (TPSA) is 59.6 Å². The molecule has 23 heavy (non-hydrogen) atoms. The highest BCUT2D eigenvalue weighted by Gasteiger charge is 2.02. The molecule has 0 bridgehead atoms. The van der Waals surface area contributed by atoms with E-state index < -0.39 is 0 Å². The summed E-state index contributed by atoms with van der Waals surface area (Å²) >= 11 is 0. The number of halogens is 1. The highest BCUT2D eigenvalue weighted by molar-refractivity contribution is 5.92. The molecule has 122 valence electrons. The fourth-order valence-corrected chi connectivity index (χ4v) is 1.89. The van der Waals surface area contributed by atoms with Gasteiger partial charge in [-0.1, -0.05) is 6.07 Å². The molecular formula is C17H19FN2O3. The maximum atomic E-state index is 13.0. The number of hydrogen-bond donors (Lipinski definition) is 2. The highest BCUT2D eigenvalue weighted by atomic mass is 19.1. The van der Waals surface area contributed by atoms with E-state index in [1.165, 1.54) is 12.1 Å². The highest BCUT2D eigenvalue weighted by Crippen LogP contribution is 2.16. The van der Waals surface area contributed by atoms with Crippen LogP contribution in [-0.4, -0.2) is 32.7 Å². The zero-order valence-corrected chi connectivity index (χ0v) is 12.8. The fraction of sp³-hybridized carbons (Fsp3) is 0.235. The number of benzene rings is 2. The van der Waals surface area contributed by atoms with Crippen molar-refractivity contribution >= 4 is 11.6 Å². The Bertz CT molecular complexity index is 632. The average molecular weight is 318 g/mol. The summed E-state index contributed by atoms with van der Waals surface area (Å²) in [6.07, 6.45) is 0. The van der Waals surface area contributed by atoms with Gasteiger partial charge < -0.3 is 20.1 Å². The Hall–Kier alpha value is -2.60. The van der Waals surface area contributed by atoms with Crippen LogP contribution in [0.2, 0.25) is 0 Å². The summed E-state index contributed by atoms with van der Waals surface area (Å²) < 4.78 is 23.6. The van der Waals surface area contributed by atoms with Crippen LogP contribution < -0.4 is 20.1 Å². The smallest absolute Gasteiger partial charge is 0.238 e. The van der Waals surface area contributed by atoms with Crippen molar-refractivity contribution < 1.29 is 18.7 Å². The van der Waals surface area contributed by atoms with Gasteiger partial charge in [-0.25, -0.2) is 4.39 Å². The van der Waals surface area contributed by atoms with E-state index in [2.05, 4.69) is 10.6 Å². The van der Waals surface area contributed by atoms with Crippen LogP contribution in [0, 0.1) is 5.82 Å².